The Balaban J connectivity index is 1.70. The Morgan fingerprint density at radius 1 is 1.15 bits per heavy atom. The second-order valence-electron chi connectivity index (χ2n) is 6.38. The van der Waals surface area contributed by atoms with Gasteiger partial charge in [-0.3, -0.25) is 9.78 Å². The molecule has 0 aliphatic rings. The van der Waals surface area contributed by atoms with Crippen LogP contribution in [0.3, 0.4) is 0 Å². The van der Waals surface area contributed by atoms with E-state index in [0.29, 0.717) is 18.5 Å². The molecule has 3 aromatic rings. The molecule has 0 saturated carbocycles. The van der Waals surface area contributed by atoms with Crippen LogP contribution in [0.5, 0.6) is 0 Å². The van der Waals surface area contributed by atoms with Gasteiger partial charge in [-0.25, -0.2) is 4.68 Å². The zero-order chi connectivity index (χ0) is 18.4. The minimum Gasteiger partial charge on any atom is -0.352 e. The first-order valence-electron chi connectivity index (χ1n) is 8.59. The first kappa shape index (κ1) is 17.8. The highest BCUT2D eigenvalue weighted by molar-refractivity contribution is 5.97. The molecule has 2 heterocycles. The summed E-state index contributed by atoms with van der Waals surface area (Å²) in [5.41, 5.74) is 3.43. The lowest BCUT2D eigenvalue weighted by atomic mass is 10.1. The fourth-order valence-corrected chi connectivity index (χ4v) is 2.75. The van der Waals surface area contributed by atoms with Crippen LogP contribution in [0.25, 0.3) is 5.69 Å². The molecule has 1 amide bonds. The predicted octanol–water partition coefficient (Wildman–Crippen LogP) is 2.30. The van der Waals surface area contributed by atoms with Crippen LogP contribution >= 0.6 is 0 Å². The minimum atomic E-state index is -0.110. The Labute approximate surface area is 153 Å². The van der Waals surface area contributed by atoms with Crippen LogP contribution in [0.2, 0.25) is 0 Å². The summed E-state index contributed by atoms with van der Waals surface area (Å²) in [6, 6.07) is 13.3. The number of pyridine rings is 1. The van der Waals surface area contributed by atoms with E-state index in [4.69, 9.17) is 0 Å². The third kappa shape index (κ3) is 4.55. The summed E-state index contributed by atoms with van der Waals surface area (Å²) in [6.07, 6.45) is 6.24. The van der Waals surface area contributed by atoms with Gasteiger partial charge in [0.2, 0.25) is 0 Å². The number of nitrogens with zero attached hydrogens (tertiary/aromatic N) is 4. The lowest BCUT2D eigenvalue weighted by Gasteiger charge is -2.10. The minimum absolute atomic E-state index is 0.110. The Kier molecular flexibility index (Phi) is 5.76. The van der Waals surface area contributed by atoms with Crippen LogP contribution in [-0.4, -0.2) is 46.2 Å². The standard InChI is InChI=1S/C20H23N5O/c1-24(2)14-16-13-23-25(15-16)19-9-4-3-8-18(19)20(26)22-12-10-17-7-5-6-11-21-17/h3-9,11,13,15H,10,12,14H2,1-2H3,(H,22,26). The van der Waals surface area contributed by atoms with Gasteiger partial charge in [-0.1, -0.05) is 18.2 Å². The maximum Gasteiger partial charge on any atom is 0.253 e. The number of aromatic nitrogens is 3. The van der Waals surface area contributed by atoms with Gasteiger partial charge in [-0.15, -0.1) is 0 Å². The molecule has 0 radical (unpaired) electrons. The first-order chi connectivity index (χ1) is 12.6. The van der Waals surface area contributed by atoms with Crippen molar-refractivity contribution in [3.05, 3.63) is 77.9 Å². The van der Waals surface area contributed by atoms with E-state index in [1.807, 2.05) is 69.0 Å². The molecule has 0 saturated heterocycles. The lowest BCUT2D eigenvalue weighted by Crippen LogP contribution is -2.27. The molecule has 0 spiro atoms. The van der Waals surface area contributed by atoms with Gasteiger partial charge in [0.1, 0.15) is 0 Å². The van der Waals surface area contributed by atoms with Gasteiger partial charge in [-0.2, -0.15) is 5.10 Å². The van der Waals surface area contributed by atoms with E-state index < -0.39 is 0 Å². The zero-order valence-electron chi connectivity index (χ0n) is 15.1. The molecule has 2 aromatic heterocycles. The van der Waals surface area contributed by atoms with E-state index in [0.717, 1.165) is 23.5 Å². The van der Waals surface area contributed by atoms with Gasteiger partial charge in [-0.05, 0) is 38.4 Å². The van der Waals surface area contributed by atoms with E-state index in [1.165, 1.54) is 0 Å². The van der Waals surface area contributed by atoms with Crippen molar-refractivity contribution in [1.29, 1.82) is 0 Å². The number of benzene rings is 1. The first-order valence-corrected chi connectivity index (χ1v) is 8.59. The highest BCUT2D eigenvalue weighted by Crippen LogP contribution is 2.15. The smallest absolute Gasteiger partial charge is 0.253 e. The monoisotopic (exact) mass is 349 g/mol. The number of carbonyl (C=O) groups excluding carboxylic acids is 1. The van der Waals surface area contributed by atoms with E-state index in [2.05, 4.69) is 20.3 Å². The van der Waals surface area contributed by atoms with Crippen molar-refractivity contribution in [3.63, 3.8) is 0 Å². The van der Waals surface area contributed by atoms with Crippen molar-refractivity contribution in [2.45, 2.75) is 13.0 Å². The zero-order valence-corrected chi connectivity index (χ0v) is 15.1. The van der Waals surface area contributed by atoms with Gasteiger partial charge in [0, 0.05) is 43.2 Å². The molecule has 3 rings (SSSR count). The molecular formula is C20H23N5O. The third-order valence-electron chi connectivity index (χ3n) is 3.92. The molecule has 1 aromatic carbocycles. The maximum atomic E-state index is 12.6. The van der Waals surface area contributed by atoms with E-state index >= 15 is 0 Å². The predicted molar refractivity (Wildman–Crippen MR) is 101 cm³/mol. The van der Waals surface area contributed by atoms with E-state index in [9.17, 15) is 4.79 Å². The van der Waals surface area contributed by atoms with Gasteiger partial charge >= 0.3 is 0 Å². The number of para-hydroxylation sites is 1. The van der Waals surface area contributed by atoms with E-state index in [1.54, 1.807) is 10.9 Å². The maximum absolute atomic E-state index is 12.6. The van der Waals surface area contributed by atoms with Crippen LogP contribution < -0.4 is 5.32 Å². The number of carbonyl (C=O) groups is 1. The molecule has 26 heavy (non-hydrogen) atoms. The molecule has 0 bridgehead atoms. The summed E-state index contributed by atoms with van der Waals surface area (Å²) in [7, 11) is 4.03. The molecule has 6 heteroatoms. The number of nitrogens with one attached hydrogen (secondary N) is 1. The molecular weight excluding hydrogens is 326 g/mol. The summed E-state index contributed by atoms with van der Waals surface area (Å²) in [5.74, 6) is -0.110. The van der Waals surface area contributed by atoms with Crippen molar-refractivity contribution in [3.8, 4) is 5.69 Å². The summed E-state index contributed by atoms with van der Waals surface area (Å²) in [5, 5.41) is 7.38. The topological polar surface area (TPSA) is 63.1 Å². The fourth-order valence-electron chi connectivity index (χ4n) is 2.75. The molecule has 0 fully saturated rings. The van der Waals surface area contributed by atoms with Crippen LogP contribution in [0, 0.1) is 0 Å². The Morgan fingerprint density at radius 3 is 2.73 bits per heavy atom. The molecule has 0 atom stereocenters. The molecule has 134 valence electrons. The Morgan fingerprint density at radius 2 is 1.96 bits per heavy atom. The Hall–Kier alpha value is -2.99. The van der Waals surface area contributed by atoms with Gasteiger partial charge in [0.15, 0.2) is 0 Å². The number of hydrogen-bond acceptors (Lipinski definition) is 4. The normalized spacial score (nSPS) is 10.9. The third-order valence-corrected chi connectivity index (χ3v) is 3.92. The van der Waals surface area contributed by atoms with Gasteiger partial charge < -0.3 is 10.2 Å². The van der Waals surface area contributed by atoms with Crippen LogP contribution in [-0.2, 0) is 13.0 Å². The second kappa shape index (κ2) is 8.40. The Bertz CT molecular complexity index is 857. The van der Waals surface area contributed by atoms with Crippen molar-refractivity contribution in [2.75, 3.05) is 20.6 Å². The average Bonchev–Trinajstić information content (AvgIpc) is 3.10. The largest absolute Gasteiger partial charge is 0.352 e. The van der Waals surface area contributed by atoms with Gasteiger partial charge in [0.25, 0.3) is 5.91 Å². The summed E-state index contributed by atoms with van der Waals surface area (Å²) in [4.78, 5) is 19.0. The van der Waals surface area contributed by atoms with Crippen LogP contribution in [0.4, 0.5) is 0 Å². The summed E-state index contributed by atoms with van der Waals surface area (Å²) >= 11 is 0. The van der Waals surface area contributed by atoms with Crippen molar-refractivity contribution in [1.82, 2.24) is 25.0 Å². The molecule has 0 aliphatic carbocycles. The van der Waals surface area contributed by atoms with Crippen LogP contribution in [0.1, 0.15) is 21.6 Å². The molecule has 0 unspecified atom stereocenters. The highest BCUT2D eigenvalue weighted by atomic mass is 16.1. The molecule has 1 N–H and O–H groups in total. The van der Waals surface area contributed by atoms with Crippen molar-refractivity contribution >= 4 is 5.91 Å². The number of amides is 1. The lowest BCUT2D eigenvalue weighted by molar-refractivity contribution is 0.0954. The van der Waals surface area contributed by atoms with Crippen molar-refractivity contribution in [2.24, 2.45) is 0 Å². The summed E-state index contributed by atoms with van der Waals surface area (Å²) < 4.78 is 1.76. The SMILES string of the molecule is CN(C)Cc1cnn(-c2ccccc2C(=O)NCCc2ccccn2)c1. The van der Waals surface area contributed by atoms with Crippen LogP contribution in [0.15, 0.2) is 61.1 Å². The molecule has 0 aliphatic heterocycles. The fraction of sp³-hybridized carbons (Fsp3) is 0.250. The number of rotatable bonds is 7. The second-order valence-corrected chi connectivity index (χ2v) is 6.38. The van der Waals surface area contributed by atoms with E-state index in [-0.39, 0.29) is 5.91 Å². The number of hydrogen-bond donors (Lipinski definition) is 1. The quantitative estimate of drug-likeness (QED) is 0.711. The van der Waals surface area contributed by atoms with Gasteiger partial charge in [0.05, 0.1) is 17.4 Å². The molecule has 6 nitrogen and oxygen atoms in total. The van der Waals surface area contributed by atoms with Crippen molar-refractivity contribution < 1.29 is 4.79 Å². The highest BCUT2D eigenvalue weighted by Gasteiger charge is 2.13. The summed E-state index contributed by atoms with van der Waals surface area (Å²) in [6.45, 7) is 1.34. The average molecular weight is 349 g/mol.